The number of carbonyl (C=O) groups excluding carboxylic acids is 1. The number of amides is 1. The molecule has 1 rings (SSSR count). The molecule has 0 aromatic carbocycles. The number of halogens is 4. The lowest BCUT2D eigenvalue weighted by Crippen LogP contribution is -2.41. The monoisotopic (exact) mass is 361 g/mol. The Kier molecular flexibility index (Phi) is 5.27. The van der Waals surface area contributed by atoms with Gasteiger partial charge in [-0.15, -0.1) is 0 Å². The van der Waals surface area contributed by atoms with Gasteiger partial charge in [-0.2, -0.15) is 13.2 Å². The lowest BCUT2D eigenvalue weighted by Gasteiger charge is -2.33. The number of rotatable bonds is 2. The molecule has 0 aromatic heterocycles. The minimum absolute atomic E-state index is 0.00638. The summed E-state index contributed by atoms with van der Waals surface area (Å²) in [5.41, 5.74) is 0. The van der Waals surface area contributed by atoms with Gasteiger partial charge in [-0.3, -0.25) is 4.79 Å². The lowest BCUT2D eigenvalue weighted by molar-refractivity contribution is -0.128. The maximum Gasteiger partial charge on any atom is 0.409 e. The molecule has 0 spiro atoms. The topological polar surface area (TPSA) is 20.3 Å². The molecule has 1 unspecified atom stereocenters. The summed E-state index contributed by atoms with van der Waals surface area (Å²) in [5.74, 6) is -0.156. The maximum absolute atomic E-state index is 11.9. The van der Waals surface area contributed by atoms with E-state index in [0.29, 0.717) is 29.0 Å². The Hall–Kier alpha value is -0.270. The number of piperidine rings is 1. The quantitative estimate of drug-likeness (QED) is 0.420. The van der Waals surface area contributed by atoms with Crippen LogP contribution in [0.15, 0.2) is 12.2 Å². The van der Waals surface area contributed by atoms with Crippen LogP contribution in [0, 0.1) is 5.92 Å². The minimum atomic E-state index is -4.42. The Labute approximate surface area is 112 Å². The molecule has 1 fully saturated rings. The number of hydrogen-bond acceptors (Lipinski definition) is 1. The number of carbonyl (C=O) groups is 1. The van der Waals surface area contributed by atoms with E-state index in [0.717, 1.165) is 12.8 Å². The van der Waals surface area contributed by atoms with E-state index in [1.54, 1.807) is 0 Å². The van der Waals surface area contributed by atoms with E-state index in [1.807, 2.05) is 0 Å². The third-order valence-corrected chi connectivity index (χ3v) is 3.85. The van der Waals surface area contributed by atoms with Gasteiger partial charge in [0.05, 0.1) is 0 Å². The summed E-state index contributed by atoms with van der Waals surface area (Å²) in [4.78, 5) is 13.1. The van der Waals surface area contributed by atoms with Crippen molar-refractivity contribution in [2.45, 2.75) is 29.9 Å². The molecule has 1 aliphatic rings. The van der Waals surface area contributed by atoms with Crippen molar-refractivity contribution in [3.05, 3.63) is 12.2 Å². The molecular weight excluding hydrogens is 346 g/mol. The van der Waals surface area contributed by atoms with E-state index >= 15 is 0 Å². The van der Waals surface area contributed by atoms with Crippen molar-refractivity contribution in [2.24, 2.45) is 5.92 Å². The third kappa shape index (κ3) is 5.27. The van der Waals surface area contributed by atoms with Crippen LogP contribution in [-0.4, -0.2) is 34.0 Å². The summed E-state index contributed by atoms with van der Waals surface area (Å²) in [5, 5.41) is 0. The summed E-state index contributed by atoms with van der Waals surface area (Å²) in [6, 6.07) is 0. The molecule has 17 heavy (non-hydrogen) atoms. The first-order valence-electron chi connectivity index (χ1n) is 5.48. The highest BCUT2D eigenvalue weighted by molar-refractivity contribution is 14.1. The smallest absolute Gasteiger partial charge is 0.339 e. The standard InChI is InChI=1S/C11H15F3INO/c1-8(15)9-3-2-6-16(7-9)10(17)4-5-11(12,13)14/h4-5,8-9H,2-3,6-7H2,1H3/b5-4+/t8-,9?/m0/s1. The number of likely N-dealkylation sites (tertiary alicyclic amines) is 1. The average molecular weight is 361 g/mol. The number of alkyl halides is 4. The van der Waals surface area contributed by atoms with Gasteiger partial charge in [-0.25, -0.2) is 0 Å². The van der Waals surface area contributed by atoms with E-state index in [2.05, 4.69) is 29.5 Å². The van der Waals surface area contributed by atoms with Crippen molar-refractivity contribution in [3.8, 4) is 0 Å². The zero-order valence-electron chi connectivity index (χ0n) is 9.51. The molecule has 6 heteroatoms. The van der Waals surface area contributed by atoms with E-state index in [-0.39, 0.29) is 6.08 Å². The van der Waals surface area contributed by atoms with Crippen LogP contribution < -0.4 is 0 Å². The van der Waals surface area contributed by atoms with Crippen LogP contribution in [0.25, 0.3) is 0 Å². The van der Waals surface area contributed by atoms with Crippen LogP contribution in [-0.2, 0) is 4.79 Å². The molecule has 0 saturated carbocycles. The molecule has 0 bridgehead atoms. The number of hydrogen-bond donors (Lipinski definition) is 0. The fourth-order valence-corrected chi connectivity index (χ4v) is 2.44. The highest BCUT2D eigenvalue weighted by Gasteiger charge is 2.27. The van der Waals surface area contributed by atoms with Gasteiger partial charge >= 0.3 is 6.18 Å². The van der Waals surface area contributed by atoms with Gasteiger partial charge in [0.1, 0.15) is 0 Å². The molecule has 0 aliphatic carbocycles. The molecule has 0 N–H and O–H groups in total. The van der Waals surface area contributed by atoms with Gasteiger partial charge < -0.3 is 4.90 Å². The first kappa shape index (κ1) is 14.8. The highest BCUT2D eigenvalue weighted by Crippen LogP contribution is 2.24. The molecule has 2 atom stereocenters. The SMILES string of the molecule is C[C@H](I)C1CCCN(C(=O)/C=C/C(F)(F)F)C1. The highest BCUT2D eigenvalue weighted by atomic mass is 127. The Morgan fingerprint density at radius 3 is 2.71 bits per heavy atom. The van der Waals surface area contributed by atoms with Crippen molar-refractivity contribution in [1.82, 2.24) is 4.90 Å². The van der Waals surface area contributed by atoms with Gasteiger partial charge in [-0.05, 0) is 18.8 Å². The number of nitrogens with zero attached hydrogens (tertiary/aromatic N) is 1. The molecule has 1 amide bonds. The molecule has 2 nitrogen and oxygen atoms in total. The number of allylic oxidation sites excluding steroid dienone is 1. The van der Waals surface area contributed by atoms with Crippen molar-refractivity contribution in [2.75, 3.05) is 13.1 Å². The average Bonchev–Trinajstić information content (AvgIpc) is 2.25. The molecule has 1 heterocycles. The molecule has 1 aliphatic heterocycles. The van der Waals surface area contributed by atoms with Crippen molar-refractivity contribution < 1.29 is 18.0 Å². The van der Waals surface area contributed by atoms with Gasteiger partial charge in [0.2, 0.25) is 5.91 Å². The van der Waals surface area contributed by atoms with Crippen molar-refractivity contribution in [1.29, 1.82) is 0 Å². The first-order chi connectivity index (χ1) is 7.79. The Balaban J connectivity index is 2.55. The van der Waals surface area contributed by atoms with Gasteiger partial charge in [-0.1, -0.05) is 29.5 Å². The Morgan fingerprint density at radius 1 is 1.53 bits per heavy atom. The van der Waals surface area contributed by atoms with Crippen LogP contribution in [0.3, 0.4) is 0 Å². The van der Waals surface area contributed by atoms with Crippen LogP contribution >= 0.6 is 22.6 Å². The predicted molar refractivity (Wildman–Crippen MR) is 68.0 cm³/mol. The summed E-state index contributed by atoms with van der Waals surface area (Å²) >= 11 is 2.29. The molecule has 0 aromatic rings. The van der Waals surface area contributed by atoms with Gasteiger partial charge in [0, 0.05) is 29.2 Å². The van der Waals surface area contributed by atoms with E-state index in [4.69, 9.17) is 0 Å². The lowest BCUT2D eigenvalue weighted by atomic mass is 9.95. The van der Waals surface area contributed by atoms with Crippen LogP contribution in [0.5, 0.6) is 0 Å². The fourth-order valence-electron chi connectivity index (χ4n) is 1.86. The Bertz CT molecular complexity index is 302. The third-order valence-electron chi connectivity index (χ3n) is 2.83. The van der Waals surface area contributed by atoms with Crippen molar-refractivity contribution >= 4 is 28.5 Å². The molecule has 1 saturated heterocycles. The summed E-state index contributed by atoms with van der Waals surface area (Å²) in [6.07, 6.45) is -1.88. The van der Waals surface area contributed by atoms with Gasteiger partial charge in [0.15, 0.2) is 0 Å². The summed E-state index contributed by atoms with van der Waals surface area (Å²) in [7, 11) is 0. The molecular formula is C11H15F3INO. The van der Waals surface area contributed by atoms with E-state index < -0.39 is 12.1 Å². The molecule has 98 valence electrons. The van der Waals surface area contributed by atoms with Crippen LogP contribution in [0.4, 0.5) is 13.2 Å². The van der Waals surface area contributed by atoms with Crippen LogP contribution in [0.1, 0.15) is 19.8 Å². The second-order valence-corrected chi connectivity index (χ2v) is 6.20. The molecule has 0 radical (unpaired) electrons. The zero-order valence-corrected chi connectivity index (χ0v) is 11.7. The normalized spacial score (nSPS) is 24.1. The predicted octanol–water partition coefficient (Wildman–Crippen LogP) is 3.17. The minimum Gasteiger partial charge on any atom is -0.339 e. The fraction of sp³-hybridized carbons (Fsp3) is 0.727. The first-order valence-corrected chi connectivity index (χ1v) is 6.73. The second-order valence-electron chi connectivity index (χ2n) is 4.24. The second kappa shape index (κ2) is 6.06. The van der Waals surface area contributed by atoms with Crippen molar-refractivity contribution in [3.63, 3.8) is 0 Å². The van der Waals surface area contributed by atoms with E-state index in [9.17, 15) is 18.0 Å². The zero-order chi connectivity index (χ0) is 13.1. The van der Waals surface area contributed by atoms with Crippen LogP contribution in [0.2, 0.25) is 0 Å². The van der Waals surface area contributed by atoms with E-state index in [1.165, 1.54) is 4.90 Å². The Morgan fingerprint density at radius 2 is 2.18 bits per heavy atom. The van der Waals surface area contributed by atoms with Gasteiger partial charge in [0.25, 0.3) is 0 Å². The largest absolute Gasteiger partial charge is 0.409 e. The summed E-state index contributed by atoms with van der Waals surface area (Å²) < 4.78 is 36.2. The maximum atomic E-state index is 11.9. The summed E-state index contributed by atoms with van der Waals surface area (Å²) in [6.45, 7) is 3.18.